The quantitative estimate of drug-likeness (QED) is 0.564. The molecule has 0 rings (SSSR count). The minimum atomic E-state index is 0.148. The van der Waals surface area contributed by atoms with Crippen molar-refractivity contribution in [3.05, 3.63) is 12.2 Å². The van der Waals surface area contributed by atoms with Crippen LogP contribution in [0.4, 0.5) is 0 Å². The van der Waals surface area contributed by atoms with E-state index < -0.39 is 0 Å². The van der Waals surface area contributed by atoms with Gasteiger partial charge >= 0.3 is 0 Å². The summed E-state index contributed by atoms with van der Waals surface area (Å²) in [6, 6.07) is 0.230. The summed E-state index contributed by atoms with van der Waals surface area (Å²) >= 11 is 0. The lowest BCUT2D eigenvalue weighted by Gasteiger charge is -2.24. The van der Waals surface area contributed by atoms with Crippen molar-refractivity contribution in [1.29, 1.82) is 0 Å². The van der Waals surface area contributed by atoms with Crippen LogP contribution in [-0.4, -0.2) is 6.04 Å². The monoisotopic (exact) mass is 127 g/mol. The van der Waals surface area contributed by atoms with Crippen molar-refractivity contribution in [2.24, 2.45) is 11.1 Å². The van der Waals surface area contributed by atoms with E-state index in [4.69, 9.17) is 5.73 Å². The zero-order valence-electron chi connectivity index (χ0n) is 6.81. The van der Waals surface area contributed by atoms with E-state index >= 15 is 0 Å². The molecule has 0 bridgehead atoms. The number of rotatable bonds is 2. The number of allylic oxidation sites excluding steroid dienone is 1. The topological polar surface area (TPSA) is 26.0 Å². The first-order valence-corrected chi connectivity index (χ1v) is 3.40. The highest BCUT2D eigenvalue weighted by Crippen LogP contribution is 2.19. The van der Waals surface area contributed by atoms with Gasteiger partial charge < -0.3 is 5.73 Å². The molecule has 54 valence electrons. The van der Waals surface area contributed by atoms with Crippen molar-refractivity contribution in [2.45, 2.75) is 33.7 Å². The van der Waals surface area contributed by atoms with Crippen molar-refractivity contribution in [3.8, 4) is 0 Å². The molecule has 0 aromatic rings. The highest BCUT2D eigenvalue weighted by Gasteiger charge is 2.17. The van der Waals surface area contributed by atoms with Crippen molar-refractivity contribution in [2.75, 3.05) is 0 Å². The van der Waals surface area contributed by atoms with Crippen LogP contribution in [0.15, 0.2) is 12.2 Å². The summed E-state index contributed by atoms with van der Waals surface area (Å²) in [7, 11) is 0. The fraction of sp³-hybridized carbons (Fsp3) is 0.750. The lowest BCUT2D eigenvalue weighted by atomic mass is 9.86. The van der Waals surface area contributed by atoms with Gasteiger partial charge in [-0.3, -0.25) is 0 Å². The average Bonchev–Trinajstić information content (AvgIpc) is 1.65. The normalized spacial score (nSPS) is 16.6. The Balaban J connectivity index is 4.01. The molecule has 0 heterocycles. The molecule has 0 amide bonds. The maximum absolute atomic E-state index is 5.70. The van der Waals surface area contributed by atoms with Crippen molar-refractivity contribution in [1.82, 2.24) is 0 Å². The summed E-state index contributed by atoms with van der Waals surface area (Å²) in [6.07, 6.45) is 4.18. The molecule has 1 heteroatoms. The van der Waals surface area contributed by atoms with Gasteiger partial charge in [0.2, 0.25) is 0 Å². The van der Waals surface area contributed by atoms with Crippen LogP contribution in [0.25, 0.3) is 0 Å². The largest absolute Gasteiger partial charge is 0.327 e. The van der Waals surface area contributed by atoms with E-state index in [9.17, 15) is 0 Å². The third-order valence-corrected chi connectivity index (χ3v) is 1.77. The molecule has 0 aromatic carbocycles. The van der Waals surface area contributed by atoms with Crippen LogP contribution in [0.3, 0.4) is 0 Å². The van der Waals surface area contributed by atoms with Crippen LogP contribution in [0.1, 0.15) is 27.7 Å². The van der Waals surface area contributed by atoms with Crippen LogP contribution in [0.5, 0.6) is 0 Å². The standard InChI is InChI=1S/C8H17N/c1-5-6-8(3,4)7(2)9/h5-7H,9H2,1-4H3/b6-5-. The first-order valence-electron chi connectivity index (χ1n) is 3.40. The Kier molecular flexibility index (Phi) is 2.92. The molecule has 0 aliphatic rings. The van der Waals surface area contributed by atoms with Gasteiger partial charge in [-0.2, -0.15) is 0 Å². The molecule has 1 unspecified atom stereocenters. The predicted molar refractivity (Wildman–Crippen MR) is 42.2 cm³/mol. The summed E-state index contributed by atoms with van der Waals surface area (Å²) in [5.74, 6) is 0. The smallest absolute Gasteiger partial charge is 0.00965 e. The molecule has 0 spiro atoms. The average molecular weight is 127 g/mol. The first kappa shape index (κ1) is 8.70. The molecular weight excluding hydrogens is 110 g/mol. The Morgan fingerprint density at radius 1 is 1.44 bits per heavy atom. The van der Waals surface area contributed by atoms with Crippen molar-refractivity contribution < 1.29 is 0 Å². The molecule has 2 N–H and O–H groups in total. The Morgan fingerprint density at radius 2 is 1.89 bits per heavy atom. The lowest BCUT2D eigenvalue weighted by molar-refractivity contribution is 0.394. The minimum absolute atomic E-state index is 0.148. The molecule has 9 heavy (non-hydrogen) atoms. The van der Waals surface area contributed by atoms with E-state index in [0.29, 0.717) is 0 Å². The van der Waals surface area contributed by atoms with Gasteiger partial charge in [-0.15, -0.1) is 0 Å². The lowest BCUT2D eigenvalue weighted by Crippen LogP contribution is -2.32. The number of hydrogen-bond donors (Lipinski definition) is 1. The van der Waals surface area contributed by atoms with Gasteiger partial charge in [0.25, 0.3) is 0 Å². The third kappa shape index (κ3) is 2.66. The maximum atomic E-state index is 5.70. The summed E-state index contributed by atoms with van der Waals surface area (Å²) < 4.78 is 0. The zero-order valence-corrected chi connectivity index (χ0v) is 6.81. The number of nitrogens with two attached hydrogens (primary N) is 1. The molecular formula is C8H17N. The van der Waals surface area contributed by atoms with E-state index in [2.05, 4.69) is 19.9 Å². The summed E-state index contributed by atoms with van der Waals surface area (Å²) in [5, 5.41) is 0. The zero-order chi connectivity index (χ0) is 7.49. The fourth-order valence-corrected chi connectivity index (χ4v) is 0.581. The Labute approximate surface area is 57.9 Å². The van der Waals surface area contributed by atoms with Crippen LogP contribution in [-0.2, 0) is 0 Å². The van der Waals surface area contributed by atoms with E-state index in [0.717, 1.165) is 0 Å². The highest BCUT2D eigenvalue weighted by molar-refractivity contribution is 4.97. The van der Waals surface area contributed by atoms with E-state index in [-0.39, 0.29) is 11.5 Å². The second-order valence-corrected chi connectivity index (χ2v) is 3.11. The van der Waals surface area contributed by atoms with Gasteiger partial charge in [0, 0.05) is 6.04 Å². The van der Waals surface area contributed by atoms with E-state index in [1.54, 1.807) is 0 Å². The highest BCUT2D eigenvalue weighted by atomic mass is 14.6. The van der Waals surface area contributed by atoms with Gasteiger partial charge in [0.15, 0.2) is 0 Å². The van der Waals surface area contributed by atoms with Gasteiger partial charge in [-0.05, 0) is 19.3 Å². The van der Waals surface area contributed by atoms with E-state index in [1.165, 1.54) is 0 Å². The van der Waals surface area contributed by atoms with Crippen LogP contribution in [0, 0.1) is 5.41 Å². The molecule has 0 aromatic heterocycles. The van der Waals surface area contributed by atoms with Crippen molar-refractivity contribution in [3.63, 3.8) is 0 Å². The summed E-state index contributed by atoms with van der Waals surface area (Å²) in [4.78, 5) is 0. The molecule has 1 atom stereocenters. The van der Waals surface area contributed by atoms with Gasteiger partial charge in [-0.25, -0.2) is 0 Å². The predicted octanol–water partition coefficient (Wildman–Crippen LogP) is 1.94. The molecule has 0 aliphatic heterocycles. The molecule has 0 fully saturated rings. The maximum Gasteiger partial charge on any atom is 0.00965 e. The van der Waals surface area contributed by atoms with Gasteiger partial charge in [0.1, 0.15) is 0 Å². The molecule has 0 saturated carbocycles. The number of hydrogen-bond acceptors (Lipinski definition) is 1. The second-order valence-electron chi connectivity index (χ2n) is 3.11. The van der Waals surface area contributed by atoms with Gasteiger partial charge in [0.05, 0.1) is 0 Å². The van der Waals surface area contributed by atoms with Crippen LogP contribution < -0.4 is 5.73 Å². The summed E-state index contributed by atoms with van der Waals surface area (Å²) in [5.41, 5.74) is 5.85. The van der Waals surface area contributed by atoms with Crippen molar-refractivity contribution >= 4 is 0 Å². The SMILES string of the molecule is C/C=C\C(C)(C)C(C)N. The van der Waals surface area contributed by atoms with Crippen LogP contribution in [0.2, 0.25) is 0 Å². The summed E-state index contributed by atoms with van der Waals surface area (Å²) in [6.45, 7) is 8.32. The van der Waals surface area contributed by atoms with Gasteiger partial charge in [-0.1, -0.05) is 26.0 Å². The molecule has 0 aliphatic carbocycles. The minimum Gasteiger partial charge on any atom is -0.327 e. The Bertz CT molecular complexity index is 101. The Hall–Kier alpha value is -0.300. The fourth-order valence-electron chi connectivity index (χ4n) is 0.581. The Morgan fingerprint density at radius 3 is 2.00 bits per heavy atom. The van der Waals surface area contributed by atoms with E-state index in [1.807, 2.05) is 19.9 Å². The molecule has 1 nitrogen and oxygen atoms in total. The first-order chi connectivity index (χ1) is 4.00. The van der Waals surface area contributed by atoms with Crippen LogP contribution >= 0.6 is 0 Å². The second kappa shape index (κ2) is 3.02. The third-order valence-electron chi connectivity index (χ3n) is 1.77. The molecule has 0 radical (unpaired) electrons. The molecule has 0 saturated heterocycles.